The Bertz CT molecular complexity index is 722. The van der Waals surface area contributed by atoms with Crippen LogP contribution in [-0.4, -0.2) is 41.7 Å². The lowest BCUT2D eigenvalue weighted by atomic mass is 10.2. The molecule has 1 saturated heterocycles. The zero-order valence-corrected chi connectivity index (χ0v) is 15.0. The fourth-order valence-electron chi connectivity index (χ4n) is 2.59. The van der Waals surface area contributed by atoms with Crippen LogP contribution >= 0.6 is 23.2 Å². The molecule has 3 rings (SSSR count). The Morgan fingerprint density at radius 1 is 1.16 bits per heavy atom. The summed E-state index contributed by atoms with van der Waals surface area (Å²) in [5.41, 5.74) is 1.68. The van der Waals surface area contributed by atoms with Gasteiger partial charge in [0.25, 0.3) is 5.91 Å². The van der Waals surface area contributed by atoms with Crippen molar-refractivity contribution < 1.29 is 14.3 Å². The first-order chi connectivity index (χ1) is 12.1. The first-order valence-electron chi connectivity index (χ1n) is 7.95. The van der Waals surface area contributed by atoms with E-state index in [1.165, 1.54) is 0 Å². The number of hydrogen-bond donors (Lipinski definition) is 0. The fourth-order valence-corrected chi connectivity index (χ4v) is 2.91. The summed E-state index contributed by atoms with van der Waals surface area (Å²) in [6.45, 7) is 1.95. The van der Waals surface area contributed by atoms with E-state index in [4.69, 9.17) is 32.7 Å². The minimum Gasteiger partial charge on any atom is -0.376 e. The van der Waals surface area contributed by atoms with Crippen molar-refractivity contribution >= 4 is 29.1 Å². The smallest absolute Gasteiger partial charge is 0.254 e. The molecule has 0 bridgehead atoms. The van der Waals surface area contributed by atoms with Gasteiger partial charge in [-0.1, -0.05) is 35.3 Å². The number of hydrogen-bond acceptors (Lipinski definition) is 4. The van der Waals surface area contributed by atoms with Gasteiger partial charge in [-0.2, -0.15) is 0 Å². The number of carbonyl (C=O) groups excluding carboxylic acids is 1. The number of amides is 1. The first-order valence-corrected chi connectivity index (χ1v) is 8.71. The molecule has 0 radical (unpaired) electrons. The van der Waals surface area contributed by atoms with Crippen LogP contribution in [0.1, 0.15) is 11.3 Å². The van der Waals surface area contributed by atoms with Crippen LogP contribution in [-0.2, 0) is 27.4 Å². The Morgan fingerprint density at radius 2 is 2.04 bits per heavy atom. The summed E-state index contributed by atoms with van der Waals surface area (Å²) in [5.74, 6) is -0.128. The van der Waals surface area contributed by atoms with E-state index in [2.05, 4.69) is 4.98 Å². The molecule has 25 heavy (non-hydrogen) atoms. The molecular formula is C18H18Cl2N2O3. The molecule has 1 aliphatic rings. The van der Waals surface area contributed by atoms with Gasteiger partial charge in [-0.3, -0.25) is 9.78 Å². The second kappa shape index (κ2) is 8.63. The third kappa shape index (κ3) is 4.92. The van der Waals surface area contributed by atoms with E-state index in [0.717, 1.165) is 11.3 Å². The normalized spacial score (nSPS) is 17.3. The summed E-state index contributed by atoms with van der Waals surface area (Å²) >= 11 is 12.1. The molecule has 0 aliphatic carbocycles. The number of halogens is 2. The van der Waals surface area contributed by atoms with Crippen LogP contribution in [0.3, 0.4) is 0 Å². The third-order valence-corrected chi connectivity index (χ3v) is 4.58. The van der Waals surface area contributed by atoms with Gasteiger partial charge in [-0.05, 0) is 29.8 Å². The molecular weight excluding hydrogens is 363 g/mol. The fraction of sp³-hybridized carbons (Fsp3) is 0.333. The summed E-state index contributed by atoms with van der Waals surface area (Å²) in [4.78, 5) is 18.9. The van der Waals surface area contributed by atoms with E-state index in [-0.39, 0.29) is 12.5 Å². The van der Waals surface area contributed by atoms with E-state index in [9.17, 15) is 4.79 Å². The zero-order valence-electron chi connectivity index (χ0n) is 13.5. The SMILES string of the molecule is O=C([C@H]1COCCO1)N(Cc1ccc(Cl)c(Cl)c1)Cc1ccccn1. The Hall–Kier alpha value is -1.66. The van der Waals surface area contributed by atoms with Crippen LogP contribution in [0.2, 0.25) is 10.0 Å². The van der Waals surface area contributed by atoms with E-state index < -0.39 is 6.10 Å². The van der Waals surface area contributed by atoms with Gasteiger partial charge in [-0.15, -0.1) is 0 Å². The average molecular weight is 381 g/mol. The zero-order chi connectivity index (χ0) is 17.6. The number of aromatic nitrogens is 1. The molecule has 2 heterocycles. The molecule has 1 aliphatic heterocycles. The molecule has 2 aromatic rings. The van der Waals surface area contributed by atoms with Crippen LogP contribution in [0.5, 0.6) is 0 Å². The van der Waals surface area contributed by atoms with Gasteiger partial charge in [-0.25, -0.2) is 0 Å². The van der Waals surface area contributed by atoms with Gasteiger partial charge < -0.3 is 14.4 Å². The number of pyridine rings is 1. The molecule has 0 N–H and O–H groups in total. The van der Waals surface area contributed by atoms with Crippen LogP contribution in [0.25, 0.3) is 0 Å². The van der Waals surface area contributed by atoms with Gasteiger partial charge in [0.2, 0.25) is 0 Å². The molecule has 0 spiro atoms. The standard InChI is InChI=1S/C18H18Cl2N2O3/c19-15-5-4-13(9-16(15)20)10-22(11-14-3-1-2-6-21-14)18(23)17-12-24-7-8-25-17/h1-6,9,17H,7-8,10-12H2/t17-/m1/s1. The van der Waals surface area contributed by atoms with Gasteiger partial charge in [0.1, 0.15) is 0 Å². The van der Waals surface area contributed by atoms with Crippen molar-refractivity contribution in [2.75, 3.05) is 19.8 Å². The van der Waals surface area contributed by atoms with Crippen molar-refractivity contribution in [1.29, 1.82) is 0 Å². The van der Waals surface area contributed by atoms with Gasteiger partial charge in [0.05, 0.1) is 42.1 Å². The molecule has 0 unspecified atom stereocenters. The largest absolute Gasteiger partial charge is 0.376 e. The molecule has 1 atom stereocenters. The number of rotatable bonds is 5. The number of nitrogens with zero attached hydrogens (tertiary/aromatic N) is 2. The maximum atomic E-state index is 12.9. The Morgan fingerprint density at radius 3 is 2.72 bits per heavy atom. The van der Waals surface area contributed by atoms with Gasteiger partial charge in [0.15, 0.2) is 6.10 Å². The molecule has 132 valence electrons. The van der Waals surface area contributed by atoms with Crippen molar-refractivity contribution in [3.63, 3.8) is 0 Å². The summed E-state index contributed by atoms with van der Waals surface area (Å²) in [6.07, 6.45) is 1.11. The lowest BCUT2D eigenvalue weighted by Crippen LogP contribution is -2.44. The van der Waals surface area contributed by atoms with Crippen molar-refractivity contribution in [2.45, 2.75) is 19.2 Å². The Labute approximate surface area is 156 Å². The molecule has 1 fully saturated rings. The molecule has 5 nitrogen and oxygen atoms in total. The molecule has 1 aromatic carbocycles. The number of carbonyl (C=O) groups is 1. The molecule has 1 aromatic heterocycles. The van der Waals surface area contributed by atoms with E-state index in [0.29, 0.717) is 36.3 Å². The van der Waals surface area contributed by atoms with Crippen LogP contribution < -0.4 is 0 Å². The summed E-state index contributed by atoms with van der Waals surface area (Å²) in [7, 11) is 0. The Kier molecular flexibility index (Phi) is 6.26. The second-order valence-corrected chi connectivity index (χ2v) is 6.51. The lowest BCUT2D eigenvalue weighted by Gasteiger charge is -2.29. The topological polar surface area (TPSA) is 51.7 Å². The van der Waals surface area contributed by atoms with Crippen LogP contribution in [0.15, 0.2) is 42.6 Å². The third-order valence-electron chi connectivity index (χ3n) is 3.84. The average Bonchev–Trinajstić information content (AvgIpc) is 2.65. The first kappa shape index (κ1) is 18.1. The highest BCUT2D eigenvalue weighted by atomic mass is 35.5. The van der Waals surface area contributed by atoms with Crippen molar-refractivity contribution in [3.05, 3.63) is 63.9 Å². The Balaban J connectivity index is 1.79. The predicted octanol–water partition coefficient (Wildman–Crippen LogP) is 3.33. The highest BCUT2D eigenvalue weighted by molar-refractivity contribution is 6.42. The highest BCUT2D eigenvalue weighted by Crippen LogP contribution is 2.24. The maximum Gasteiger partial charge on any atom is 0.254 e. The minimum atomic E-state index is -0.597. The summed E-state index contributed by atoms with van der Waals surface area (Å²) < 4.78 is 10.9. The van der Waals surface area contributed by atoms with Gasteiger partial charge in [0, 0.05) is 12.7 Å². The minimum absolute atomic E-state index is 0.128. The van der Waals surface area contributed by atoms with Crippen LogP contribution in [0.4, 0.5) is 0 Å². The van der Waals surface area contributed by atoms with Crippen LogP contribution in [0, 0.1) is 0 Å². The molecule has 0 saturated carbocycles. The molecule has 1 amide bonds. The highest BCUT2D eigenvalue weighted by Gasteiger charge is 2.28. The van der Waals surface area contributed by atoms with E-state index in [1.54, 1.807) is 23.2 Å². The quantitative estimate of drug-likeness (QED) is 0.797. The maximum absolute atomic E-state index is 12.9. The number of benzene rings is 1. The van der Waals surface area contributed by atoms with Gasteiger partial charge >= 0.3 is 0 Å². The van der Waals surface area contributed by atoms with Crippen molar-refractivity contribution in [2.24, 2.45) is 0 Å². The van der Waals surface area contributed by atoms with Crippen molar-refractivity contribution in [3.8, 4) is 0 Å². The van der Waals surface area contributed by atoms with E-state index in [1.807, 2.05) is 24.3 Å². The predicted molar refractivity (Wildman–Crippen MR) is 95.5 cm³/mol. The van der Waals surface area contributed by atoms with Crippen molar-refractivity contribution in [1.82, 2.24) is 9.88 Å². The monoisotopic (exact) mass is 380 g/mol. The second-order valence-electron chi connectivity index (χ2n) is 5.70. The lowest BCUT2D eigenvalue weighted by molar-refractivity contribution is -0.159. The number of ether oxygens (including phenoxy) is 2. The summed E-state index contributed by atoms with van der Waals surface area (Å²) in [5, 5.41) is 0.943. The molecule has 7 heteroatoms. The summed E-state index contributed by atoms with van der Waals surface area (Å²) in [6, 6.07) is 11.0. The van der Waals surface area contributed by atoms with E-state index >= 15 is 0 Å².